The van der Waals surface area contributed by atoms with E-state index in [9.17, 15) is 14.0 Å². The van der Waals surface area contributed by atoms with Crippen LogP contribution >= 0.6 is 11.3 Å². The molecule has 0 aliphatic carbocycles. The first-order valence-corrected chi connectivity index (χ1v) is 9.70. The largest absolute Gasteiger partial charge is 0.465 e. The van der Waals surface area contributed by atoms with Crippen LogP contribution in [0, 0.1) is 5.82 Å². The van der Waals surface area contributed by atoms with E-state index in [0.717, 1.165) is 4.88 Å². The number of nitrogens with one attached hydrogen (secondary N) is 1. The number of aromatic nitrogens is 3. The third-order valence-corrected chi connectivity index (χ3v) is 5.01. The minimum absolute atomic E-state index is 0.0915. The Morgan fingerprint density at radius 1 is 1.10 bits per heavy atom. The van der Waals surface area contributed by atoms with E-state index in [1.165, 1.54) is 41.3 Å². The van der Waals surface area contributed by atoms with Crippen LogP contribution in [0.3, 0.4) is 0 Å². The van der Waals surface area contributed by atoms with Crippen LogP contribution in [0.15, 0.2) is 66.0 Å². The van der Waals surface area contributed by atoms with E-state index in [2.05, 4.69) is 15.4 Å². The number of carbonyl (C=O) groups is 2. The number of thiophene rings is 1. The predicted octanol–water partition coefficient (Wildman–Crippen LogP) is 4.17. The standard InChI is InChI=1S/C21H15FN4O3S/c1-29-21(28)13-5-2-7-15(11-13)23-20(27)18-24-19(17-9-4-10-30-17)26(25-18)16-8-3-6-14(22)12-16/h2-12H,1H3,(H,23,27). The number of halogens is 1. The first-order chi connectivity index (χ1) is 14.5. The zero-order valence-electron chi connectivity index (χ0n) is 15.7. The highest BCUT2D eigenvalue weighted by molar-refractivity contribution is 7.13. The zero-order chi connectivity index (χ0) is 21.1. The number of carbonyl (C=O) groups excluding carboxylic acids is 2. The maximum Gasteiger partial charge on any atom is 0.337 e. The Bertz CT molecular complexity index is 1220. The van der Waals surface area contributed by atoms with E-state index in [0.29, 0.717) is 22.8 Å². The van der Waals surface area contributed by atoms with Gasteiger partial charge < -0.3 is 10.1 Å². The Labute approximate surface area is 174 Å². The van der Waals surface area contributed by atoms with Gasteiger partial charge in [-0.25, -0.2) is 18.9 Å². The number of ether oxygens (including phenoxy) is 1. The second-order valence-corrected chi connectivity index (χ2v) is 7.10. The Hall–Kier alpha value is -3.85. The van der Waals surface area contributed by atoms with Gasteiger partial charge in [0.05, 0.1) is 23.2 Å². The molecule has 7 nitrogen and oxygen atoms in total. The summed E-state index contributed by atoms with van der Waals surface area (Å²) in [5, 5.41) is 8.83. The highest BCUT2D eigenvalue weighted by Gasteiger charge is 2.20. The van der Waals surface area contributed by atoms with E-state index in [1.807, 2.05) is 17.5 Å². The third kappa shape index (κ3) is 3.96. The average Bonchev–Trinajstić information content (AvgIpc) is 3.43. The van der Waals surface area contributed by atoms with E-state index >= 15 is 0 Å². The molecule has 0 aliphatic heterocycles. The molecule has 0 fully saturated rings. The number of esters is 1. The van der Waals surface area contributed by atoms with Gasteiger partial charge in [0.25, 0.3) is 5.91 Å². The van der Waals surface area contributed by atoms with Gasteiger partial charge >= 0.3 is 5.97 Å². The first-order valence-electron chi connectivity index (χ1n) is 8.82. The summed E-state index contributed by atoms with van der Waals surface area (Å²) in [5.74, 6) is -1.18. The van der Waals surface area contributed by atoms with Crippen LogP contribution in [0.25, 0.3) is 16.4 Å². The fourth-order valence-electron chi connectivity index (χ4n) is 2.79. The zero-order valence-corrected chi connectivity index (χ0v) is 16.5. The van der Waals surface area contributed by atoms with Gasteiger partial charge in [-0.2, -0.15) is 0 Å². The molecule has 0 saturated carbocycles. The fraction of sp³-hybridized carbons (Fsp3) is 0.0476. The Morgan fingerprint density at radius 3 is 2.67 bits per heavy atom. The lowest BCUT2D eigenvalue weighted by molar-refractivity contribution is 0.0600. The van der Waals surface area contributed by atoms with Crippen LogP contribution in [-0.2, 0) is 4.74 Å². The molecule has 1 N–H and O–H groups in total. The van der Waals surface area contributed by atoms with Crippen LogP contribution < -0.4 is 5.32 Å². The Morgan fingerprint density at radius 2 is 1.93 bits per heavy atom. The van der Waals surface area contributed by atoms with Crippen molar-refractivity contribution in [1.82, 2.24) is 14.8 Å². The van der Waals surface area contributed by atoms with Gasteiger partial charge in [-0.1, -0.05) is 18.2 Å². The van der Waals surface area contributed by atoms with E-state index < -0.39 is 17.7 Å². The van der Waals surface area contributed by atoms with Crippen LogP contribution in [0.1, 0.15) is 21.0 Å². The normalized spacial score (nSPS) is 10.6. The smallest absolute Gasteiger partial charge is 0.337 e. The summed E-state index contributed by atoms with van der Waals surface area (Å²) < 4.78 is 19.9. The molecule has 9 heteroatoms. The molecular weight excluding hydrogens is 407 g/mol. The molecule has 1 amide bonds. The number of anilines is 1. The van der Waals surface area contributed by atoms with Gasteiger partial charge in [0.2, 0.25) is 5.82 Å². The number of rotatable bonds is 5. The van der Waals surface area contributed by atoms with Crippen LogP contribution in [-0.4, -0.2) is 33.8 Å². The molecular formula is C21H15FN4O3S. The second kappa shape index (κ2) is 8.26. The van der Waals surface area contributed by atoms with Crippen molar-refractivity contribution >= 4 is 28.9 Å². The fourth-order valence-corrected chi connectivity index (χ4v) is 3.49. The van der Waals surface area contributed by atoms with Gasteiger partial charge in [-0.15, -0.1) is 16.4 Å². The lowest BCUT2D eigenvalue weighted by Crippen LogP contribution is -2.15. The summed E-state index contributed by atoms with van der Waals surface area (Å²) in [6, 6.07) is 15.9. The minimum atomic E-state index is -0.565. The van der Waals surface area contributed by atoms with E-state index in [4.69, 9.17) is 4.74 Å². The number of benzene rings is 2. The molecule has 2 heterocycles. The Kier molecular flexibility index (Phi) is 5.36. The summed E-state index contributed by atoms with van der Waals surface area (Å²) in [4.78, 5) is 29.6. The summed E-state index contributed by atoms with van der Waals surface area (Å²) in [6.45, 7) is 0. The van der Waals surface area contributed by atoms with Crippen LogP contribution in [0.2, 0.25) is 0 Å². The van der Waals surface area contributed by atoms with Crippen molar-refractivity contribution in [3.8, 4) is 16.4 Å². The van der Waals surface area contributed by atoms with Gasteiger partial charge in [0.1, 0.15) is 5.82 Å². The number of hydrogen-bond donors (Lipinski definition) is 1. The van der Waals surface area contributed by atoms with Crippen LogP contribution in [0.5, 0.6) is 0 Å². The monoisotopic (exact) mass is 422 g/mol. The molecule has 2 aromatic carbocycles. The molecule has 0 bridgehead atoms. The average molecular weight is 422 g/mol. The van der Waals surface area contributed by atoms with Gasteiger partial charge in [0.15, 0.2) is 5.82 Å². The topological polar surface area (TPSA) is 86.1 Å². The molecule has 0 radical (unpaired) electrons. The molecule has 0 unspecified atom stereocenters. The first kappa shape index (κ1) is 19.5. The molecule has 0 spiro atoms. The molecule has 0 saturated heterocycles. The van der Waals surface area contributed by atoms with E-state index in [1.54, 1.807) is 30.3 Å². The molecule has 0 atom stereocenters. The van der Waals surface area contributed by atoms with Crippen molar-refractivity contribution in [1.29, 1.82) is 0 Å². The number of hydrogen-bond acceptors (Lipinski definition) is 6. The summed E-state index contributed by atoms with van der Waals surface area (Å²) in [5.41, 5.74) is 1.13. The van der Waals surface area contributed by atoms with Crippen molar-refractivity contribution in [2.24, 2.45) is 0 Å². The molecule has 4 rings (SSSR count). The minimum Gasteiger partial charge on any atom is -0.465 e. The van der Waals surface area contributed by atoms with Gasteiger partial charge in [0, 0.05) is 5.69 Å². The van der Waals surface area contributed by atoms with Gasteiger partial charge in [-0.05, 0) is 47.8 Å². The Balaban J connectivity index is 1.69. The highest BCUT2D eigenvalue weighted by atomic mass is 32.1. The van der Waals surface area contributed by atoms with Crippen molar-refractivity contribution in [2.75, 3.05) is 12.4 Å². The summed E-state index contributed by atoms with van der Waals surface area (Å²) >= 11 is 1.43. The van der Waals surface area contributed by atoms with Crippen molar-refractivity contribution < 1.29 is 18.7 Å². The van der Waals surface area contributed by atoms with E-state index in [-0.39, 0.29) is 5.82 Å². The van der Waals surface area contributed by atoms with Crippen molar-refractivity contribution in [3.63, 3.8) is 0 Å². The van der Waals surface area contributed by atoms with Crippen molar-refractivity contribution in [3.05, 3.63) is 83.2 Å². The quantitative estimate of drug-likeness (QED) is 0.488. The molecule has 150 valence electrons. The molecule has 4 aromatic rings. The predicted molar refractivity (Wildman–Crippen MR) is 110 cm³/mol. The third-order valence-electron chi connectivity index (χ3n) is 4.15. The number of amides is 1. The maximum absolute atomic E-state index is 13.7. The summed E-state index contributed by atoms with van der Waals surface area (Å²) in [6.07, 6.45) is 0. The van der Waals surface area contributed by atoms with Crippen molar-refractivity contribution in [2.45, 2.75) is 0 Å². The number of nitrogens with zero attached hydrogens (tertiary/aromatic N) is 3. The van der Waals surface area contributed by atoms with Crippen LogP contribution in [0.4, 0.5) is 10.1 Å². The lowest BCUT2D eigenvalue weighted by atomic mass is 10.2. The molecule has 30 heavy (non-hydrogen) atoms. The van der Waals surface area contributed by atoms with Gasteiger partial charge in [-0.3, -0.25) is 4.79 Å². The number of methoxy groups -OCH3 is 1. The highest BCUT2D eigenvalue weighted by Crippen LogP contribution is 2.26. The lowest BCUT2D eigenvalue weighted by Gasteiger charge is -2.05. The second-order valence-electron chi connectivity index (χ2n) is 6.15. The summed E-state index contributed by atoms with van der Waals surface area (Å²) in [7, 11) is 1.28. The molecule has 0 aliphatic rings. The SMILES string of the molecule is COC(=O)c1cccc(NC(=O)c2nc(-c3cccs3)n(-c3cccc(F)c3)n2)c1. The maximum atomic E-state index is 13.7. The molecule has 2 aromatic heterocycles.